The first-order valence-corrected chi connectivity index (χ1v) is 6.14. The second-order valence-corrected chi connectivity index (χ2v) is 4.58. The van der Waals surface area contributed by atoms with E-state index in [9.17, 15) is 0 Å². The number of para-hydroxylation sites is 2. The van der Waals surface area contributed by atoms with E-state index >= 15 is 0 Å². The van der Waals surface area contributed by atoms with Gasteiger partial charge in [0, 0.05) is 19.6 Å². The van der Waals surface area contributed by atoms with Crippen molar-refractivity contribution in [2.75, 3.05) is 25.0 Å². The molecule has 98 valence electrons. The fourth-order valence-electron chi connectivity index (χ4n) is 2.33. The third kappa shape index (κ3) is 2.44. The van der Waals surface area contributed by atoms with Gasteiger partial charge in [-0.1, -0.05) is 12.1 Å². The van der Waals surface area contributed by atoms with Gasteiger partial charge in [-0.2, -0.15) is 4.98 Å². The quantitative estimate of drug-likeness (QED) is 0.907. The van der Waals surface area contributed by atoms with Crippen molar-refractivity contribution in [1.82, 2.24) is 10.3 Å². The lowest BCUT2D eigenvalue weighted by Gasteiger charge is -2.30. The molecular formula is C13H18ClN3O. The molecule has 1 aromatic carbocycles. The molecular weight excluding hydrogens is 250 g/mol. The number of likely N-dealkylation sites (N-methyl/N-ethyl adjacent to an activating group) is 1. The lowest BCUT2D eigenvalue weighted by Crippen LogP contribution is -2.44. The number of benzene rings is 1. The van der Waals surface area contributed by atoms with Gasteiger partial charge in [0.05, 0.1) is 0 Å². The van der Waals surface area contributed by atoms with Crippen molar-refractivity contribution in [3.8, 4) is 0 Å². The number of fused-ring (bicyclic) bond motifs is 1. The summed E-state index contributed by atoms with van der Waals surface area (Å²) in [7, 11) is 2.06. The van der Waals surface area contributed by atoms with Gasteiger partial charge in [-0.05, 0) is 31.5 Å². The first kappa shape index (κ1) is 13.2. The standard InChI is InChI=1S/C13H17N3O.ClH/c1-16(10-5-4-8-14-9-10)13-15-11-6-2-3-7-12(11)17-13;/h2-3,6-7,10,14H,4-5,8-9H2,1H3;1H/t10-;/m0./s1. The van der Waals surface area contributed by atoms with E-state index in [-0.39, 0.29) is 12.4 Å². The van der Waals surface area contributed by atoms with Gasteiger partial charge in [0.25, 0.3) is 6.01 Å². The van der Waals surface area contributed by atoms with E-state index in [1.54, 1.807) is 0 Å². The van der Waals surface area contributed by atoms with Crippen molar-refractivity contribution in [2.24, 2.45) is 0 Å². The predicted octanol–water partition coefficient (Wildman–Crippen LogP) is 2.44. The van der Waals surface area contributed by atoms with Gasteiger partial charge in [-0.15, -0.1) is 12.4 Å². The highest BCUT2D eigenvalue weighted by Crippen LogP contribution is 2.23. The van der Waals surface area contributed by atoms with Crippen LogP contribution in [0.2, 0.25) is 0 Å². The number of aromatic nitrogens is 1. The number of anilines is 1. The molecule has 1 aliphatic rings. The molecule has 1 N–H and O–H groups in total. The maximum atomic E-state index is 5.77. The summed E-state index contributed by atoms with van der Waals surface area (Å²) < 4.78 is 5.77. The molecule has 1 atom stereocenters. The van der Waals surface area contributed by atoms with Crippen LogP contribution < -0.4 is 10.2 Å². The topological polar surface area (TPSA) is 41.3 Å². The molecule has 3 rings (SSSR count). The van der Waals surface area contributed by atoms with E-state index in [1.165, 1.54) is 12.8 Å². The van der Waals surface area contributed by atoms with Crippen LogP contribution in [-0.4, -0.2) is 31.2 Å². The lowest BCUT2D eigenvalue weighted by atomic mass is 10.1. The van der Waals surface area contributed by atoms with E-state index < -0.39 is 0 Å². The second-order valence-electron chi connectivity index (χ2n) is 4.58. The maximum absolute atomic E-state index is 5.77. The van der Waals surface area contributed by atoms with Crippen LogP contribution in [0.5, 0.6) is 0 Å². The number of hydrogen-bond donors (Lipinski definition) is 1. The number of nitrogens with zero attached hydrogens (tertiary/aromatic N) is 2. The van der Waals surface area contributed by atoms with Crippen LogP contribution in [-0.2, 0) is 0 Å². The van der Waals surface area contributed by atoms with Crippen molar-refractivity contribution in [2.45, 2.75) is 18.9 Å². The summed E-state index contributed by atoms with van der Waals surface area (Å²) in [5.74, 6) is 0. The van der Waals surface area contributed by atoms with Crippen molar-refractivity contribution in [3.63, 3.8) is 0 Å². The van der Waals surface area contributed by atoms with Crippen molar-refractivity contribution in [1.29, 1.82) is 0 Å². The second kappa shape index (κ2) is 5.59. The Kier molecular flexibility index (Phi) is 4.09. The van der Waals surface area contributed by atoms with Crippen LogP contribution in [0, 0.1) is 0 Å². The minimum atomic E-state index is 0. The van der Waals surface area contributed by atoms with Gasteiger partial charge in [0.1, 0.15) is 5.52 Å². The highest BCUT2D eigenvalue weighted by molar-refractivity contribution is 5.85. The number of halogens is 1. The zero-order chi connectivity index (χ0) is 11.7. The minimum absolute atomic E-state index is 0. The fourth-order valence-corrected chi connectivity index (χ4v) is 2.33. The fraction of sp³-hybridized carbons (Fsp3) is 0.462. The van der Waals surface area contributed by atoms with E-state index in [4.69, 9.17) is 4.42 Å². The molecule has 1 aromatic heterocycles. The molecule has 1 saturated heterocycles. The predicted molar refractivity (Wildman–Crippen MR) is 75.6 cm³/mol. The van der Waals surface area contributed by atoms with E-state index in [1.807, 2.05) is 24.3 Å². The summed E-state index contributed by atoms with van der Waals surface area (Å²) in [6, 6.07) is 9.10. The van der Waals surface area contributed by atoms with E-state index in [0.717, 1.165) is 30.2 Å². The molecule has 1 fully saturated rings. The highest BCUT2D eigenvalue weighted by Gasteiger charge is 2.21. The molecule has 0 aliphatic carbocycles. The van der Waals surface area contributed by atoms with Crippen LogP contribution in [0.1, 0.15) is 12.8 Å². The Bertz CT molecular complexity index is 475. The van der Waals surface area contributed by atoms with Crippen LogP contribution in [0.15, 0.2) is 28.7 Å². The van der Waals surface area contributed by atoms with Gasteiger partial charge >= 0.3 is 0 Å². The summed E-state index contributed by atoms with van der Waals surface area (Å²) in [4.78, 5) is 6.66. The third-order valence-electron chi connectivity index (χ3n) is 3.40. The summed E-state index contributed by atoms with van der Waals surface area (Å²) >= 11 is 0. The molecule has 0 saturated carbocycles. The zero-order valence-electron chi connectivity index (χ0n) is 10.4. The van der Waals surface area contributed by atoms with Gasteiger partial charge in [-0.3, -0.25) is 0 Å². The van der Waals surface area contributed by atoms with Crippen molar-refractivity contribution >= 4 is 29.5 Å². The first-order valence-electron chi connectivity index (χ1n) is 6.14. The van der Waals surface area contributed by atoms with Gasteiger partial charge < -0.3 is 14.6 Å². The van der Waals surface area contributed by atoms with Crippen LogP contribution in [0.25, 0.3) is 11.1 Å². The molecule has 0 unspecified atom stereocenters. The Morgan fingerprint density at radius 3 is 2.94 bits per heavy atom. The summed E-state index contributed by atoms with van der Waals surface area (Å²) in [6.45, 7) is 2.13. The Balaban J connectivity index is 0.00000120. The van der Waals surface area contributed by atoms with E-state index in [2.05, 4.69) is 22.2 Å². The van der Waals surface area contributed by atoms with Crippen LogP contribution in [0.4, 0.5) is 6.01 Å². The molecule has 2 aromatic rings. The number of oxazole rings is 1. The van der Waals surface area contributed by atoms with Crippen LogP contribution in [0.3, 0.4) is 0 Å². The zero-order valence-corrected chi connectivity index (χ0v) is 11.2. The monoisotopic (exact) mass is 267 g/mol. The molecule has 0 spiro atoms. The Hall–Kier alpha value is -1.26. The molecule has 1 aliphatic heterocycles. The summed E-state index contributed by atoms with van der Waals surface area (Å²) in [5.41, 5.74) is 1.79. The smallest absolute Gasteiger partial charge is 0.298 e. The number of nitrogens with one attached hydrogen (secondary N) is 1. The Morgan fingerprint density at radius 2 is 2.22 bits per heavy atom. The van der Waals surface area contributed by atoms with Gasteiger partial charge in [-0.25, -0.2) is 0 Å². The van der Waals surface area contributed by atoms with Crippen molar-refractivity contribution in [3.05, 3.63) is 24.3 Å². The molecule has 5 heteroatoms. The molecule has 0 radical (unpaired) electrons. The SMILES string of the molecule is CN(c1nc2ccccc2o1)[C@H]1CCCNC1.Cl. The average molecular weight is 268 g/mol. The Labute approximate surface area is 113 Å². The molecule has 18 heavy (non-hydrogen) atoms. The number of rotatable bonds is 2. The normalized spacial score (nSPS) is 19.5. The van der Waals surface area contributed by atoms with Crippen LogP contribution >= 0.6 is 12.4 Å². The number of piperidine rings is 1. The van der Waals surface area contributed by atoms with E-state index in [0.29, 0.717) is 6.04 Å². The number of hydrogen-bond acceptors (Lipinski definition) is 4. The summed E-state index contributed by atoms with van der Waals surface area (Å²) in [5, 5.41) is 3.41. The van der Waals surface area contributed by atoms with Crippen molar-refractivity contribution < 1.29 is 4.42 Å². The highest BCUT2D eigenvalue weighted by atomic mass is 35.5. The lowest BCUT2D eigenvalue weighted by molar-refractivity contribution is 0.425. The molecule has 2 heterocycles. The average Bonchev–Trinajstić information content (AvgIpc) is 2.82. The third-order valence-corrected chi connectivity index (χ3v) is 3.40. The molecule has 0 bridgehead atoms. The first-order chi connectivity index (χ1) is 8.34. The minimum Gasteiger partial charge on any atom is -0.423 e. The largest absolute Gasteiger partial charge is 0.423 e. The van der Waals surface area contributed by atoms with Gasteiger partial charge in [0.2, 0.25) is 0 Å². The Morgan fingerprint density at radius 1 is 1.39 bits per heavy atom. The molecule has 4 nitrogen and oxygen atoms in total. The maximum Gasteiger partial charge on any atom is 0.298 e. The summed E-state index contributed by atoms with van der Waals surface area (Å²) in [6.07, 6.45) is 2.41. The van der Waals surface area contributed by atoms with Gasteiger partial charge in [0.15, 0.2) is 5.58 Å². The molecule has 0 amide bonds.